The van der Waals surface area contributed by atoms with Gasteiger partial charge < -0.3 is 15.0 Å². The van der Waals surface area contributed by atoms with E-state index in [1.54, 1.807) is 0 Å². The van der Waals surface area contributed by atoms with Gasteiger partial charge in [-0.15, -0.1) is 0 Å². The average molecular weight is 278 g/mol. The Bertz CT molecular complexity index is 418. The lowest BCUT2D eigenvalue weighted by Gasteiger charge is -2.27. The van der Waals surface area contributed by atoms with Gasteiger partial charge in [0.25, 0.3) is 0 Å². The summed E-state index contributed by atoms with van der Waals surface area (Å²) >= 11 is 0. The third kappa shape index (κ3) is 4.34. The maximum atomic E-state index is 5.63. The summed E-state index contributed by atoms with van der Waals surface area (Å²) in [4.78, 5) is 11.2. The molecule has 0 spiro atoms. The predicted octanol–water partition coefficient (Wildman–Crippen LogP) is 2.01. The number of nitrogens with one attached hydrogen (secondary N) is 1. The molecule has 2 heterocycles. The van der Waals surface area contributed by atoms with Crippen molar-refractivity contribution >= 4 is 5.95 Å². The Labute approximate surface area is 121 Å². The number of hydrogen-bond donors (Lipinski definition) is 1. The molecule has 1 aliphatic rings. The first-order valence-electron chi connectivity index (χ1n) is 7.59. The summed E-state index contributed by atoms with van der Waals surface area (Å²) in [5, 5.41) is 3.45. The molecule has 5 nitrogen and oxygen atoms in total. The molecule has 1 atom stereocenters. The highest BCUT2D eigenvalue weighted by molar-refractivity contribution is 5.33. The summed E-state index contributed by atoms with van der Waals surface area (Å²) in [7, 11) is 2.06. The highest BCUT2D eigenvalue weighted by atomic mass is 16.5. The minimum Gasteiger partial charge on any atom is -0.478 e. The van der Waals surface area contributed by atoms with Crippen LogP contribution >= 0.6 is 0 Å². The molecule has 1 aromatic rings. The van der Waals surface area contributed by atoms with Crippen LogP contribution in [0, 0.1) is 12.8 Å². The highest BCUT2D eigenvalue weighted by Gasteiger charge is 2.17. The Morgan fingerprint density at radius 1 is 1.45 bits per heavy atom. The molecule has 20 heavy (non-hydrogen) atoms. The molecule has 1 unspecified atom stereocenters. The van der Waals surface area contributed by atoms with Crippen LogP contribution in [0.1, 0.15) is 31.9 Å². The quantitative estimate of drug-likeness (QED) is 0.862. The van der Waals surface area contributed by atoms with Gasteiger partial charge in [0.2, 0.25) is 11.8 Å². The van der Waals surface area contributed by atoms with Crippen LogP contribution in [-0.2, 0) is 0 Å². The van der Waals surface area contributed by atoms with Gasteiger partial charge in [-0.3, -0.25) is 0 Å². The van der Waals surface area contributed by atoms with Gasteiger partial charge >= 0.3 is 0 Å². The molecule has 0 radical (unpaired) electrons. The minimum absolute atomic E-state index is 0.679. The van der Waals surface area contributed by atoms with Crippen molar-refractivity contribution in [1.29, 1.82) is 0 Å². The standard InChI is InChI=1S/C15H26N4O/c1-4-8-20-14-9-12(2)17-15(18-14)19(3)11-13-6-5-7-16-10-13/h9,13,16H,4-8,10-11H2,1-3H3. The van der Waals surface area contributed by atoms with Crippen LogP contribution in [0.5, 0.6) is 5.88 Å². The van der Waals surface area contributed by atoms with Crippen molar-refractivity contribution in [3.63, 3.8) is 0 Å². The average Bonchev–Trinajstić information content (AvgIpc) is 2.45. The zero-order chi connectivity index (χ0) is 14.4. The lowest BCUT2D eigenvalue weighted by molar-refractivity contribution is 0.304. The molecule has 0 saturated carbocycles. The van der Waals surface area contributed by atoms with E-state index in [1.165, 1.54) is 12.8 Å². The summed E-state index contributed by atoms with van der Waals surface area (Å²) in [5.41, 5.74) is 0.953. The lowest BCUT2D eigenvalue weighted by Crippen LogP contribution is -2.37. The van der Waals surface area contributed by atoms with E-state index in [4.69, 9.17) is 4.74 Å². The van der Waals surface area contributed by atoms with Crippen molar-refractivity contribution in [2.75, 3.05) is 38.2 Å². The number of aryl methyl sites for hydroxylation is 1. The SMILES string of the molecule is CCCOc1cc(C)nc(N(C)CC2CCCNC2)n1. The minimum atomic E-state index is 0.679. The molecular weight excluding hydrogens is 252 g/mol. The van der Waals surface area contributed by atoms with Crippen molar-refractivity contribution in [2.45, 2.75) is 33.1 Å². The first-order chi connectivity index (χ1) is 9.69. The molecule has 5 heteroatoms. The number of piperidine rings is 1. The largest absolute Gasteiger partial charge is 0.478 e. The van der Waals surface area contributed by atoms with E-state index in [1.807, 2.05) is 13.0 Å². The monoisotopic (exact) mass is 278 g/mol. The van der Waals surface area contributed by atoms with Gasteiger partial charge in [-0.25, -0.2) is 4.98 Å². The van der Waals surface area contributed by atoms with Crippen molar-refractivity contribution in [2.24, 2.45) is 5.92 Å². The summed E-state index contributed by atoms with van der Waals surface area (Å²) in [5.74, 6) is 2.13. The summed E-state index contributed by atoms with van der Waals surface area (Å²) in [6, 6.07) is 1.90. The van der Waals surface area contributed by atoms with E-state index in [-0.39, 0.29) is 0 Å². The molecule has 1 fully saturated rings. The molecule has 1 aliphatic heterocycles. The van der Waals surface area contributed by atoms with Gasteiger partial charge in [0.1, 0.15) is 0 Å². The van der Waals surface area contributed by atoms with Gasteiger partial charge in [0.05, 0.1) is 6.61 Å². The second-order valence-electron chi connectivity index (χ2n) is 5.59. The van der Waals surface area contributed by atoms with E-state index in [9.17, 15) is 0 Å². The Hall–Kier alpha value is -1.36. The number of ether oxygens (including phenoxy) is 1. The molecule has 0 aliphatic carbocycles. The smallest absolute Gasteiger partial charge is 0.228 e. The zero-order valence-corrected chi connectivity index (χ0v) is 12.9. The Morgan fingerprint density at radius 2 is 2.30 bits per heavy atom. The van der Waals surface area contributed by atoms with Gasteiger partial charge in [0.15, 0.2) is 0 Å². The molecule has 1 N–H and O–H groups in total. The van der Waals surface area contributed by atoms with Crippen LogP contribution in [0.15, 0.2) is 6.07 Å². The fourth-order valence-electron chi connectivity index (χ4n) is 2.52. The van der Waals surface area contributed by atoms with Crippen LogP contribution < -0.4 is 15.0 Å². The van der Waals surface area contributed by atoms with Crippen molar-refractivity contribution in [3.8, 4) is 5.88 Å². The highest BCUT2D eigenvalue weighted by Crippen LogP contribution is 2.18. The number of nitrogens with zero attached hydrogens (tertiary/aromatic N) is 3. The Balaban J connectivity index is 2.00. The Kier molecular flexibility index (Phi) is 5.59. The Morgan fingerprint density at radius 3 is 3.00 bits per heavy atom. The molecule has 1 saturated heterocycles. The molecule has 0 aromatic carbocycles. The first-order valence-corrected chi connectivity index (χ1v) is 7.59. The van der Waals surface area contributed by atoms with Crippen LogP contribution in [-0.4, -0.2) is 43.3 Å². The number of rotatable bonds is 6. The van der Waals surface area contributed by atoms with E-state index in [0.717, 1.165) is 37.7 Å². The number of aromatic nitrogens is 2. The topological polar surface area (TPSA) is 50.3 Å². The van der Waals surface area contributed by atoms with Gasteiger partial charge in [-0.05, 0) is 45.2 Å². The van der Waals surface area contributed by atoms with Crippen LogP contribution in [0.25, 0.3) is 0 Å². The molecule has 1 aromatic heterocycles. The van der Waals surface area contributed by atoms with Crippen molar-refractivity contribution < 1.29 is 4.74 Å². The summed E-state index contributed by atoms with van der Waals surface area (Å²) in [6.07, 6.45) is 3.53. The molecule has 112 valence electrons. The lowest BCUT2D eigenvalue weighted by atomic mass is 9.99. The summed E-state index contributed by atoms with van der Waals surface area (Å²) < 4.78 is 5.63. The van der Waals surface area contributed by atoms with Crippen molar-refractivity contribution in [1.82, 2.24) is 15.3 Å². The van der Waals surface area contributed by atoms with Crippen molar-refractivity contribution in [3.05, 3.63) is 11.8 Å². The van der Waals surface area contributed by atoms with Crippen LogP contribution in [0.4, 0.5) is 5.95 Å². The third-order valence-corrected chi connectivity index (χ3v) is 3.55. The molecule has 2 rings (SSSR count). The summed E-state index contributed by atoms with van der Waals surface area (Å²) in [6.45, 7) is 8.01. The number of anilines is 1. The van der Waals surface area contributed by atoms with Gasteiger partial charge in [-0.2, -0.15) is 4.98 Å². The van der Waals surface area contributed by atoms with Crippen LogP contribution in [0.2, 0.25) is 0 Å². The maximum absolute atomic E-state index is 5.63. The van der Waals surface area contributed by atoms with E-state index in [0.29, 0.717) is 18.4 Å². The maximum Gasteiger partial charge on any atom is 0.228 e. The van der Waals surface area contributed by atoms with E-state index < -0.39 is 0 Å². The second kappa shape index (κ2) is 7.43. The molecular formula is C15H26N4O. The molecule has 0 amide bonds. The van der Waals surface area contributed by atoms with E-state index in [2.05, 4.69) is 34.2 Å². The first kappa shape index (κ1) is 15.0. The zero-order valence-electron chi connectivity index (χ0n) is 12.9. The second-order valence-corrected chi connectivity index (χ2v) is 5.59. The fraction of sp³-hybridized carbons (Fsp3) is 0.733. The van der Waals surface area contributed by atoms with Gasteiger partial charge in [-0.1, -0.05) is 6.92 Å². The predicted molar refractivity (Wildman–Crippen MR) is 81.4 cm³/mol. The van der Waals surface area contributed by atoms with E-state index >= 15 is 0 Å². The molecule has 0 bridgehead atoms. The number of hydrogen-bond acceptors (Lipinski definition) is 5. The van der Waals surface area contributed by atoms with Gasteiger partial charge in [0, 0.05) is 25.4 Å². The van der Waals surface area contributed by atoms with Crippen LogP contribution in [0.3, 0.4) is 0 Å². The fourth-order valence-corrected chi connectivity index (χ4v) is 2.52. The third-order valence-electron chi connectivity index (χ3n) is 3.55. The normalized spacial score (nSPS) is 18.9.